The summed E-state index contributed by atoms with van der Waals surface area (Å²) in [5.74, 6) is 1.93. The molecule has 106 valence electrons. The van der Waals surface area contributed by atoms with Crippen LogP contribution in [0.3, 0.4) is 0 Å². The van der Waals surface area contributed by atoms with Crippen molar-refractivity contribution in [3.63, 3.8) is 0 Å². The molecule has 0 aromatic heterocycles. The smallest absolute Gasteiger partial charge is 0.00954 e. The molecule has 0 aromatic rings. The fourth-order valence-electron chi connectivity index (χ4n) is 3.94. The van der Waals surface area contributed by atoms with Gasteiger partial charge in [-0.25, -0.2) is 0 Å². The van der Waals surface area contributed by atoms with Crippen LogP contribution in [0.15, 0.2) is 0 Å². The highest BCUT2D eigenvalue weighted by atomic mass is 15.2. The Labute approximate surface area is 114 Å². The number of nitrogens with zero attached hydrogens (tertiary/aromatic N) is 1. The summed E-state index contributed by atoms with van der Waals surface area (Å²) in [6, 6.07) is 1.61. The molecular weight excluding hydrogens is 220 g/mol. The average Bonchev–Trinajstić information content (AvgIpc) is 2.47. The van der Waals surface area contributed by atoms with E-state index in [9.17, 15) is 0 Å². The fraction of sp³-hybridized carbons (Fsp3) is 1.00. The molecule has 1 unspecified atom stereocenters. The van der Waals surface area contributed by atoms with Gasteiger partial charge in [0.15, 0.2) is 0 Å². The van der Waals surface area contributed by atoms with E-state index in [-0.39, 0.29) is 0 Å². The Hall–Kier alpha value is -0.0800. The molecule has 0 aromatic carbocycles. The van der Waals surface area contributed by atoms with Crippen molar-refractivity contribution < 1.29 is 0 Å². The highest BCUT2D eigenvalue weighted by Gasteiger charge is 2.29. The molecule has 2 rings (SSSR count). The third-order valence-electron chi connectivity index (χ3n) is 5.65. The van der Waals surface area contributed by atoms with E-state index < -0.39 is 0 Å². The number of likely N-dealkylation sites (tertiary alicyclic amines) is 1. The fourth-order valence-corrected chi connectivity index (χ4v) is 3.94. The second-order valence-electron chi connectivity index (χ2n) is 6.53. The monoisotopic (exact) mass is 252 g/mol. The average molecular weight is 252 g/mol. The maximum atomic E-state index is 3.42. The minimum atomic E-state index is 0.697. The number of piperidine rings is 1. The van der Waals surface area contributed by atoms with E-state index in [0.717, 1.165) is 17.9 Å². The summed E-state index contributed by atoms with van der Waals surface area (Å²) >= 11 is 0. The lowest BCUT2D eigenvalue weighted by atomic mass is 9.82. The molecule has 0 bridgehead atoms. The third-order valence-corrected chi connectivity index (χ3v) is 5.65. The first kappa shape index (κ1) is 14.3. The molecule has 1 aliphatic carbocycles. The lowest BCUT2D eigenvalue weighted by Crippen LogP contribution is -2.46. The van der Waals surface area contributed by atoms with Gasteiger partial charge in [0, 0.05) is 12.1 Å². The molecule has 1 atom stereocenters. The Balaban J connectivity index is 1.73. The van der Waals surface area contributed by atoms with E-state index in [1.165, 1.54) is 58.0 Å². The second-order valence-corrected chi connectivity index (χ2v) is 6.53. The highest BCUT2D eigenvalue weighted by Crippen LogP contribution is 2.32. The van der Waals surface area contributed by atoms with Crippen LogP contribution in [0.2, 0.25) is 0 Å². The first-order valence-electron chi connectivity index (χ1n) is 8.15. The molecule has 2 heteroatoms. The molecule has 1 heterocycles. The second kappa shape index (κ2) is 6.91. The minimum absolute atomic E-state index is 0.697. The molecule has 18 heavy (non-hydrogen) atoms. The number of hydrogen-bond donors (Lipinski definition) is 1. The molecule has 2 aliphatic rings. The van der Waals surface area contributed by atoms with E-state index in [1.54, 1.807) is 0 Å². The van der Waals surface area contributed by atoms with Crippen molar-refractivity contribution in [3.05, 3.63) is 0 Å². The van der Waals surface area contributed by atoms with E-state index in [1.807, 2.05) is 0 Å². The summed E-state index contributed by atoms with van der Waals surface area (Å²) in [6.07, 6.45) is 10.1. The molecule has 1 N–H and O–H groups in total. The predicted octanol–water partition coefficient (Wildman–Crippen LogP) is 3.28. The Kier molecular flexibility index (Phi) is 5.50. The van der Waals surface area contributed by atoms with E-state index in [0.29, 0.717) is 6.04 Å². The van der Waals surface area contributed by atoms with E-state index in [4.69, 9.17) is 0 Å². The van der Waals surface area contributed by atoms with E-state index in [2.05, 4.69) is 31.1 Å². The largest absolute Gasteiger partial charge is 0.317 e. The van der Waals surface area contributed by atoms with Gasteiger partial charge in [0.1, 0.15) is 0 Å². The van der Waals surface area contributed by atoms with Gasteiger partial charge in [0.05, 0.1) is 0 Å². The number of hydrogen-bond acceptors (Lipinski definition) is 2. The minimum Gasteiger partial charge on any atom is -0.317 e. The van der Waals surface area contributed by atoms with Crippen molar-refractivity contribution in [3.8, 4) is 0 Å². The van der Waals surface area contributed by atoms with Gasteiger partial charge < -0.3 is 10.2 Å². The van der Waals surface area contributed by atoms with Gasteiger partial charge in [-0.2, -0.15) is 0 Å². The van der Waals surface area contributed by atoms with Gasteiger partial charge in [-0.1, -0.05) is 13.3 Å². The van der Waals surface area contributed by atoms with Crippen LogP contribution < -0.4 is 5.32 Å². The SMILES string of the molecule is CCC1CCC(N2CCC(C(C)NC)CC2)CC1. The van der Waals surface area contributed by atoms with Crippen LogP contribution in [-0.2, 0) is 0 Å². The zero-order valence-corrected chi connectivity index (χ0v) is 12.6. The van der Waals surface area contributed by atoms with Gasteiger partial charge in [-0.15, -0.1) is 0 Å². The van der Waals surface area contributed by atoms with Gasteiger partial charge in [-0.05, 0) is 77.4 Å². The summed E-state index contributed by atoms with van der Waals surface area (Å²) in [4.78, 5) is 2.80. The zero-order valence-electron chi connectivity index (χ0n) is 12.6. The molecule has 0 amide bonds. The van der Waals surface area contributed by atoms with E-state index >= 15 is 0 Å². The molecule has 2 nitrogen and oxygen atoms in total. The maximum Gasteiger partial charge on any atom is 0.00954 e. The molecule has 1 saturated carbocycles. The Morgan fingerprint density at radius 2 is 1.67 bits per heavy atom. The first-order chi connectivity index (χ1) is 8.74. The summed E-state index contributed by atoms with van der Waals surface area (Å²) in [5.41, 5.74) is 0. The third kappa shape index (κ3) is 3.48. The van der Waals surface area contributed by atoms with Crippen LogP contribution in [0.5, 0.6) is 0 Å². The molecule has 2 fully saturated rings. The van der Waals surface area contributed by atoms with Crippen molar-refractivity contribution in [2.45, 2.75) is 70.9 Å². The maximum absolute atomic E-state index is 3.42. The van der Waals surface area contributed by atoms with Crippen molar-refractivity contribution in [1.82, 2.24) is 10.2 Å². The number of rotatable bonds is 4. The van der Waals surface area contributed by atoms with Crippen LogP contribution in [0.25, 0.3) is 0 Å². The molecule has 0 spiro atoms. The Morgan fingerprint density at radius 3 is 2.17 bits per heavy atom. The Bertz CT molecular complexity index is 225. The molecule has 0 radical (unpaired) electrons. The quantitative estimate of drug-likeness (QED) is 0.826. The zero-order chi connectivity index (χ0) is 13.0. The molecular formula is C16H32N2. The van der Waals surface area contributed by atoms with Crippen LogP contribution in [-0.4, -0.2) is 37.1 Å². The van der Waals surface area contributed by atoms with Crippen LogP contribution in [0.1, 0.15) is 58.8 Å². The summed E-state index contributed by atoms with van der Waals surface area (Å²) in [6.45, 7) is 7.39. The van der Waals surface area contributed by atoms with Crippen LogP contribution in [0.4, 0.5) is 0 Å². The van der Waals surface area contributed by atoms with Gasteiger partial charge in [0.25, 0.3) is 0 Å². The van der Waals surface area contributed by atoms with Crippen molar-refractivity contribution in [2.75, 3.05) is 20.1 Å². The highest BCUT2D eigenvalue weighted by molar-refractivity contribution is 4.85. The Morgan fingerprint density at radius 1 is 1.06 bits per heavy atom. The molecule has 1 saturated heterocycles. The van der Waals surface area contributed by atoms with Gasteiger partial charge in [-0.3, -0.25) is 0 Å². The normalized spacial score (nSPS) is 33.5. The predicted molar refractivity (Wildman–Crippen MR) is 78.9 cm³/mol. The van der Waals surface area contributed by atoms with Gasteiger partial charge in [0.2, 0.25) is 0 Å². The number of nitrogens with one attached hydrogen (secondary N) is 1. The topological polar surface area (TPSA) is 15.3 Å². The van der Waals surface area contributed by atoms with Crippen LogP contribution >= 0.6 is 0 Å². The summed E-state index contributed by atoms with van der Waals surface area (Å²) in [5, 5.41) is 3.42. The van der Waals surface area contributed by atoms with Gasteiger partial charge >= 0.3 is 0 Å². The first-order valence-corrected chi connectivity index (χ1v) is 8.15. The standard InChI is InChI=1S/C16H32N2/c1-4-14-5-7-16(8-6-14)18-11-9-15(10-12-18)13(2)17-3/h13-17H,4-12H2,1-3H3. The van der Waals surface area contributed by atoms with Crippen LogP contribution in [0, 0.1) is 11.8 Å². The van der Waals surface area contributed by atoms with Crippen molar-refractivity contribution >= 4 is 0 Å². The summed E-state index contributed by atoms with van der Waals surface area (Å²) < 4.78 is 0. The van der Waals surface area contributed by atoms with Crippen molar-refractivity contribution in [1.29, 1.82) is 0 Å². The van der Waals surface area contributed by atoms with Crippen molar-refractivity contribution in [2.24, 2.45) is 11.8 Å². The lowest BCUT2D eigenvalue weighted by molar-refractivity contribution is 0.0862. The summed E-state index contributed by atoms with van der Waals surface area (Å²) in [7, 11) is 2.10. The molecule has 1 aliphatic heterocycles. The lowest BCUT2D eigenvalue weighted by Gasteiger charge is -2.42.